The monoisotopic (exact) mass is 238 g/mol. The van der Waals surface area contributed by atoms with E-state index < -0.39 is 6.04 Å². The van der Waals surface area contributed by atoms with Gasteiger partial charge in [0.05, 0.1) is 13.7 Å². The molecule has 0 heterocycles. The fraction of sp³-hybridized carbons (Fsp3) is 0.417. The Labute approximate surface area is 101 Å². The van der Waals surface area contributed by atoms with Crippen molar-refractivity contribution in [2.75, 3.05) is 20.3 Å². The molecule has 0 aliphatic heterocycles. The Morgan fingerprint density at radius 1 is 1.53 bits per heavy atom. The molecule has 0 radical (unpaired) electrons. The molecule has 1 amide bonds. The highest BCUT2D eigenvalue weighted by atomic mass is 16.5. The molecule has 17 heavy (non-hydrogen) atoms. The van der Waals surface area contributed by atoms with E-state index in [4.69, 9.17) is 15.6 Å². The number of aliphatic hydroxyl groups is 1. The average molecular weight is 238 g/mol. The zero-order valence-corrected chi connectivity index (χ0v) is 9.85. The Morgan fingerprint density at radius 2 is 2.24 bits per heavy atom. The van der Waals surface area contributed by atoms with Crippen molar-refractivity contribution < 1.29 is 14.6 Å². The van der Waals surface area contributed by atoms with Crippen LogP contribution in [0.15, 0.2) is 24.3 Å². The largest absolute Gasteiger partial charge is 0.496 e. The number of ether oxygens (including phenoxy) is 1. The van der Waals surface area contributed by atoms with Crippen LogP contribution in [0.25, 0.3) is 0 Å². The normalized spacial score (nSPS) is 11.9. The van der Waals surface area contributed by atoms with Crippen LogP contribution >= 0.6 is 0 Å². The molecule has 0 fully saturated rings. The van der Waals surface area contributed by atoms with Gasteiger partial charge in [0.1, 0.15) is 11.8 Å². The lowest BCUT2D eigenvalue weighted by atomic mass is 10.1. The van der Waals surface area contributed by atoms with Crippen LogP contribution in [0.3, 0.4) is 0 Å². The van der Waals surface area contributed by atoms with Gasteiger partial charge in [-0.3, -0.25) is 4.79 Å². The average Bonchev–Trinajstić information content (AvgIpc) is 2.38. The summed E-state index contributed by atoms with van der Waals surface area (Å²) in [5.74, 6) is 0.454. The molecule has 0 saturated carbocycles. The van der Waals surface area contributed by atoms with Gasteiger partial charge >= 0.3 is 0 Å². The predicted molar refractivity (Wildman–Crippen MR) is 64.8 cm³/mol. The fourth-order valence-electron chi connectivity index (χ4n) is 1.44. The lowest BCUT2D eigenvalue weighted by Crippen LogP contribution is -2.43. The van der Waals surface area contributed by atoms with Crippen molar-refractivity contribution >= 4 is 5.91 Å². The first-order valence-corrected chi connectivity index (χ1v) is 5.45. The summed E-state index contributed by atoms with van der Waals surface area (Å²) < 4.78 is 5.19. The molecular formula is C12H18N2O3. The number of methoxy groups -OCH3 is 1. The van der Waals surface area contributed by atoms with E-state index in [0.717, 1.165) is 11.3 Å². The first kappa shape index (κ1) is 13.5. The second-order valence-electron chi connectivity index (χ2n) is 3.64. The van der Waals surface area contributed by atoms with Crippen LogP contribution in [0.2, 0.25) is 0 Å². The Morgan fingerprint density at radius 3 is 2.88 bits per heavy atom. The van der Waals surface area contributed by atoms with Crippen LogP contribution in [-0.4, -0.2) is 37.3 Å². The molecular weight excluding hydrogens is 220 g/mol. The predicted octanol–water partition coefficient (Wildman–Crippen LogP) is -0.326. The summed E-state index contributed by atoms with van der Waals surface area (Å²) in [6.07, 6.45) is 0.661. The van der Waals surface area contributed by atoms with Gasteiger partial charge in [-0.15, -0.1) is 0 Å². The van der Waals surface area contributed by atoms with Gasteiger partial charge in [0.15, 0.2) is 0 Å². The Hall–Kier alpha value is -1.59. The first-order chi connectivity index (χ1) is 8.19. The third-order valence-corrected chi connectivity index (χ3v) is 2.42. The van der Waals surface area contributed by atoms with E-state index in [1.165, 1.54) is 0 Å². The quantitative estimate of drug-likeness (QED) is 0.634. The number of carbonyl (C=O) groups is 1. The van der Waals surface area contributed by atoms with Crippen molar-refractivity contribution in [1.29, 1.82) is 0 Å². The third-order valence-electron chi connectivity index (χ3n) is 2.42. The molecule has 94 valence electrons. The molecule has 5 nitrogen and oxygen atoms in total. The number of para-hydroxylation sites is 1. The van der Waals surface area contributed by atoms with Gasteiger partial charge in [0, 0.05) is 6.54 Å². The lowest BCUT2D eigenvalue weighted by Gasteiger charge is -2.11. The molecule has 1 aromatic rings. The number of nitrogens with one attached hydrogen (secondary N) is 1. The van der Waals surface area contributed by atoms with Crippen LogP contribution in [0.5, 0.6) is 5.75 Å². The van der Waals surface area contributed by atoms with Crippen LogP contribution in [0, 0.1) is 0 Å². The van der Waals surface area contributed by atoms with E-state index in [0.29, 0.717) is 13.0 Å². The second kappa shape index (κ2) is 6.88. The van der Waals surface area contributed by atoms with Crippen molar-refractivity contribution in [1.82, 2.24) is 5.32 Å². The van der Waals surface area contributed by atoms with Gasteiger partial charge in [0.25, 0.3) is 0 Å². The number of benzene rings is 1. The number of carbonyl (C=O) groups excluding carboxylic acids is 1. The van der Waals surface area contributed by atoms with E-state index in [9.17, 15) is 4.79 Å². The summed E-state index contributed by atoms with van der Waals surface area (Å²) in [5, 5.41) is 11.4. The summed E-state index contributed by atoms with van der Waals surface area (Å²) in [5.41, 5.74) is 6.39. The van der Waals surface area contributed by atoms with Crippen molar-refractivity contribution in [3.8, 4) is 5.75 Å². The standard InChI is InChI=1S/C12H18N2O3/c1-17-11-5-3-2-4-9(11)6-7-14-12(16)10(13)8-15/h2-5,10,15H,6-8,13H2,1H3,(H,14,16). The van der Waals surface area contributed by atoms with Gasteiger partial charge in [-0.05, 0) is 18.1 Å². The maximum atomic E-state index is 11.3. The highest BCUT2D eigenvalue weighted by Crippen LogP contribution is 2.17. The lowest BCUT2D eigenvalue weighted by molar-refractivity contribution is -0.123. The Bertz CT molecular complexity index is 369. The number of hydrogen-bond donors (Lipinski definition) is 3. The number of hydrogen-bond acceptors (Lipinski definition) is 4. The SMILES string of the molecule is COc1ccccc1CCNC(=O)C(N)CO. The third kappa shape index (κ3) is 4.05. The topological polar surface area (TPSA) is 84.6 Å². The number of aliphatic hydroxyl groups excluding tert-OH is 1. The molecule has 1 rings (SSSR count). The maximum absolute atomic E-state index is 11.3. The van der Waals surface area contributed by atoms with Gasteiger partial charge in [0.2, 0.25) is 5.91 Å². The minimum absolute atomic E-state index is 0.345. The summed E-state index contributed by atoms with van der Waals surface area (Å²) in [6, 6.07) is 6.77. The summed E-state index contributed by atoms with van der Waals surface area (Å²) >= 11 is 0. The van der Waals surface area contributed by atoms with E-state index >= 15 is 0 Å². The van der Waals surface area contributed by atoms with Gasteiger partial charge < -0.3 is 20.9 Å². The van der Waals surface area contributed by atoms with Gasteiger partial charge in [-0.2, -0.15) is 0 Å². The Balaban J connectivity index is 2.43. The molecule has 0 aliphatic rings. The first-order valence-electron chi connectivity index (χ1n) is 5.45. The smallest absolute Gasteiger partial charge is 0.239 e. The van der Waals surface area contributed by atoms with E-state index in [1.807, 2.05) is 24.3 Å². The summed E-state index contributed by atoms with van der Waals surface area (Å²) in [6.45, 7) is 0.118. The Kier molecular flexibility index (Phi) is 5.45. The maximum Gasteiger partial charge on any atom is 0.239 e. The van der Waals surface area contributed by atoms with E-state index in [-0.39, 0.29) is 12.5 Å². The molecule has 0 spiro atoms. The van der Waals surface area contributed by atoms with Gasteiger partial charge in [-0.1, -0.05) is 18.2 Å². The molecule has 1 atom stereocenters. The highest BCUT2D eigenvalue weighted by molar-refractivity contribution is 5.81. The van der Waals surface area contributed by atoms with Crippen LogP contribution in [0.1, 0.15) is 5.56 Å². The molecule has 4 N–H and O–H groups in total. The number of rotatable bonds is 6. The minimum Gasteiger partial charge on any atom is -0.496 e. The molecule has 1 aromatic carbocycles. The van der Waals surface area contributed by atoms with Crippen LogP contribution in [0.4, 0.5) is 0 Å². The van der Waals surface area contributed by atoms with Gasteiger partial charge in [-0.25, -0.2) is 0 Å². The minimum atomic E-state index is -0.854. The molecule has 0 aromatic heterocycles. The molecule has 0 bridgehead atoms. The summed E-state index contributed by atoms with van der Waals surface area (Å²) in [4.78, 5) is 11.3. The van der Waals surface area contributed by atoms with Crippen molar-refractivity contribution in [3.63, 3.8) is 0 Å². The number of nitrogens with two attached hydrogens (primary N) is 1. The molecule has 5 heteroatoms. The molecule has 0 saturated heterocycles. The van der Waals surface area contributed by atoms with Crippen molar-refractivity contribution in [2.45, 2.75) is 12.5 Å². The van der Waals surface area contributed by atoms with Crippen molar-refractivity contribution in [3.05, 3.63) is 29.8 Å². The summed E-state index contributed by atoms with van der Waals surface area (Å²) in [7, 11) is 1.61. The van der Waals surface area contributed by atoms with Crippen molar-refractivity contribution in [2.24, 2.45) is 5.73 Å². The van der Waals surface area contributed by atoms with Crippen LogP contribution < -0.4 is 15.8 Å². The zero-order chi connectivity index (χ0) is 12.7. The molecule has 1 unspecified atom stereocenters. The van der Waals surface area contributed by atoms with E-state index in [1.54, 1.807) is 7.11 Å². The van der Waals surface area contributed by atoms with Crippen LogP contribution in [-0.2, 0) is 11.2 Å². The second-order valence-corrected chi connectivity index (χ2v) is 3.64. The highest BCUT2D eigenvalue weighted by Gasteiger charge is 2.11. The fourth-order valence-corrected chi connectivity index (χ4v) is 1.44. The zero-order valence-electron chi connectivity index (χ0n) is 9.85. The number of amides is 1. The molecule has 0 aliphatic carbocycles. The van der Waals surface area contributed by atoms with E-state index in [2.05, 4.69) is 5.32 Å².